The molecular formula is C89H166O12. The zero-order valence-electron chi connectivity index (χ0n) is 68.9. The minimum atomic E-state index is -0.347. The summed E-state index contributed by atoms with van der Waals surface area (Å²) in [5.41, 5.74) is 0.842. The van der Waals surface area contributed by atoms with Crippen LogP contribution in [-0.2, 0) is 56.8 Å². The molecule has 6 saturated heterocycles. The van der Waals surface area contributed by atoms with Gasteiger partial charge in [-0.2, -0.15) is 0 Å². The first-order valence-corrected chi connectivity index (χ1v) is 45.0. The molecule has 20 rings (SSSR count). The molecule has 14 aliphatic carbocycles. The van der Waals surface area contributed by atoms with E-state index in [0.717, 1.165) is 163 Å². The Morgan fingerprint density at radius 1 is 0.198 bits per heavy atom. The maximum absolute atomic E-state index is 6.33. The minimum absolute atomic E-state index is 0.126. The first-order valence-electron chi connectivity index (χ1n) is 45.0. The van der Waals surface area contributed by atoms with Gasteiger partial charge < -0.3 is 56.8 Å². The van der Waals surface area contributed by atoms with Crippen molar-refractivity contribution in [2.24, 2.45) is 76.4 Å². The lowest BCUT2D eigenvalue weighted by Gasteiger charge is -2.60. The molecule has 594 valence electrons. The summed E-state index contributed by atoms with van der Waals surface area (Å²) < 4.78 is 70.8. The van der Waals surface area contributed by atoms with Crippen LogP contribution >= 0.6 is 0 Å². The summed E-state index contributed by atoms with van der Waals surface area (Å²) in [6.45, 7) is 38.6. The van der Waals surface area contributed by atoms with Gasteiger partial charge in [-0.05, 0) is 293 Å². The van der Waals surface area contributed by atoms with Crippen LogP contribution in [0.25, 0.3) is 0 Å². The molecule has 20 fully saturated rings. The first-order chi connectivity index (χ1) is 49.3. The summed E-state index contributed by atoms with van der Waals surface area (Å²) in [6.07, 6.45) is 59.6. The lowest BCUT2D eigenvalue weighted by molar-refractivity contribution is -0.342. The Labute approximate surface area is 623 Å². The number of hydrogen-bond donors (Lipinski definition) is 0. The van der Waals surface area contributed by atoms with E-state index in [1.807, 2.05) is 96.9 Å². The van der Waals surface area contributed by atoms with Gasteiger partial charge in [-0.15, -0.1) is 0 Å². The molecular weight excluding hydrogens is 1260 g/mol. The number of fused-ring (bicyclic) bond motifs is 6. The molecule has 14 saturated carbocycles. The topological polar surface area (TPSA) is 111 Å². The molecule has 20 aliphatic rings. The fraction of sp³-hybridized carbons (Fsp3) is 1.00. The van der Waals surface area contributed by atoms with Crippen LogP contribution in [0.15, 0.2) is 0 Å². The van der Waals surface area contributed by atoms with E-state index in [4.69, 9.17) is 56.8 Å². The summed E-state index contributed by atoms with van der Waals surface area (Å²) in [5, 5.41) is 0. The highest BCUT2D eigenvalue weighted by Gasteiger charge is 2.61. The SMILES string of the molecule is C1CCCC2(CC1)CCCCC2.C1CCOC2(CC3CCC2C3)OC1.C1CCOC2(CC3CCC2C3)OCC1.C1CCOC2(OC1)C1CC3CC(C1)CC2C3.C1CCOC2(OCC1)C1CC3CC(C1)CC2C3.CC.CC.CC.CC.CC.CC1(C)OCCCCCO1.CC1(C)OCCCCO1. The molecule has 0 aromatic carbocycles. The lowest BCUT2D eigenvalue weighted by atomic mass is 9.53. The Balaban J connectivity index is 0.000000163. The van der Waals surface area contributed by atoms with Crippen molar-refractivity contribution in [3.8, 4) is 0 Å². The van der Waals surface area contributed by atoms with Gasteiger partial charge in [-0.25, -0.2) is 0 Å². The van der Waals surface area contributed by atoms with E-state index in [1.165, 1.54) is 244 Å². The summed E-state index contributed by atoms with van der Waals surface area (Å²) in [6, 6.07) is 0. The molecule has 0 aromatic rings. The monoisotopic (exact) mass is 1430 g/mol. The van der Waals surface area contributed by atoms with Crippen molar-refractivity contribution in [3.63, 3.8) is 0 Å². The van der Waals surface area contributed by atoms with Crippen LogP contribution in [0.5, 0.6) is 0 Å². The predicted molar refractivity (Wildman–Crippen MR) is 415 cm³/mol. The van der Waals surface area contributed by atoms with Crippen LogP contribution in [0, 0.1) is 76.4 Å². The van der Waals surface area contributed by atoms with Crippen molar-refractivity contribution in [2.45, 2.75) is 414 Å². The van der Waals surface area contributed by atoms with Gasteiger partial charge in [-0.1, -0.05) is 114 Å². The van der Waals surface area contributed by atoms with Crippen LogP contribution in [0.1, 0.15) is 379 Å². The zero-order valence-corrected chi connectivity index (χ0v) is 68.9. The van der Waals surface area contributed by atoms with E-state index in [0.29, 0.717) is 5.92 Å². The van der Waals surface area contributed by atoms with Crippen LogP contribution in [-0.4, -0.2) is 114 Å². The van der Waals surface area contributed by atoms with Crippen molar-refractivity contribution < 1.29 is 56.8 Å². The van der Waals surface area contributed by atoms with Crippen molar-refractivity contribution in [1.29, 1.82) is 0 Å². The average Bonchev–Trinajstić information content (AvgIpc) is 1.67. The van der Waals surface area contributed by atoms with E-state index in [2.05, 4.69) is 0 Å². The van der Waals surface area contributed by atoms with Crippen molar-refractivity contribution in [3.05, 3.63) is 0 Å². The van der Waals surface area contributed by atoms with E-state index in [9.17, 15) is 0 Å². The number of rotatable bonds is 0. The molecule has 0 radical (unpaired) electrons. The molecule has 6 heterocycles. The largest absolute Gasteiger partial charge is 0.351 e. The average molecular weight is 1430 g/mol. The van der Waals surface area contributed by atoms with Crippen LogP contribution in [0.3, 0.4) is 0 Å². The highest BCUT2D eigenvalue weighted by atomic mass is 16.7. The molecule has 101 heavy (non-hydrogen) atoms. The molecule has 12 nitrogen and oxygen atoms in total. The van der Waals surface area contributed by atoms with Crippen LogP contribution in [0.4, 0.5) is 0 Å². The number of hydrogen-bond acceptors (Lipinski definition) is 12. The molecule has 0 amide bonds. The maximum atomic E-state index is 6.33. The molecule has 12 heteroatoms. The summed E-state index contributed by atoms with van der Waals surface area (Å²) in [7, 11) is 0. The van der Waals surface area contributed by atoms with Crippen LogP contribution in [0.2, 0.25) is 0 Å². The third kappa shape index (κ3) is 25.3. The smallest absolute Gasteiger partial charge is 0.173 e. The lowest BCUT2D eigenvalue weighted by Crippen LogP contribution is -2.60. The first kappa shape index (κ1) is 87.7. The molecule has 4 atom stereocenters. The number of ether oxygens (including phenoxy) is 12. The third-order valence-electron chi connectivity index (χ3n) is 26.6. The molecule has 6 aliphatic heterocycles. The van der Waals surface area contributed by atoms with Gasteiger partial charge in [0.1, 0.15) is 0 Å². The van der Waals surface area contributed by atoms with Crippen molar-refractivity contribution in [1.82, 2.24) is 0 Å². The second-order valence-corrected chi connectivity index (χ2v) is 34.1. The Morgan fingerprint density at radius 2 is 0.406 bits per heavy atom. The quantitative estimate of drug-likeness (QED) is 0.230. The van der Waals surface area contributed by atoms with Crippen molar-refractivity contribution in [2.75, 3.05) is 79.3 Å². The Hall–Kier alpha value is -0.480. The fourth-order valence-electron chi connectivity index (χ4n) is 22.3. The van der Waals surface area contributed by atoms with E-state index in [-0.39, 0.29) is 34.7 Å². The summed E-state index contributed by atoms with van der Waals surface area (Å²) in [4.78, 5) is 0. The minimum Gasteiger partial charge on any atom is -0.351 e. The second kappa shape index (κ2) is 45.6. The van der Waals surface area contributed by atoms with Gasteiger partial charge in [0.25, 0.3) is 0 Å². The zero-order chi connectivity index (χ0) is 72.5. The second-order valence-electron chi connectivity index (χ2n) is 34.1. The fourth-order valence-corrected chi connectivity index (χ4v) is 22.3. The van der Waals surface area contributed by atoms with E-state index >= 15 is 0 Å². The van der Waals surface area contributed by atoms with Gasteiger partial charge in [-0.3, -0.25) is 0 Å². The van der Waals surface area contributed by atoms with Gasteiger partial charge in [0.15, 0.2) is 34.7 Å². The molecule has 12 bridgehead atoms. The Bertz CT molecular complexity index is 2000. The Kier molecular flexibility index (Phi) is 39.6. The molecule has 4 unspecified atom stereocenters. The van der Waals surface area contributed by atoms with E-state index in [1.54, 1.807) is 25.7 Å². The standard InChI is InChI=1S/C15H24O2.C14H22O2.C12H20O2.C12H22.C11H18O2.C8H16O2.C7H14O2.5C2H6/c1-2-4-16-15(17-5-3-1)13-7-11-6-12(9-13)10-14(15)8-11;1-2-4-16-14(15-3-1)12-6-10-5-11(8-12)9-13(14)7-10;1-2-6-13-12(14-7-3-1)9-10-4-5-11(12)8-10;1-2-5-9-12(8-4-1)10-6-3-7-11-12;1-2-6-13-11(12-5-1)8-9-3-4-10(11)7-9;1-8(2)9-6-4-3-5-7-10-8;1-7(2)8-5-3-4-6-9-7;5*1-2/h11-14H,1-10H2;10-13H,1-9H2;10-11H,1-9H2;1-11H2;9-10H,1-8H2;3-7H2,1-2H3;3-6H2,1-2H3;5*1-2H3. The molecule has 0 aromatic heterocycles. The third-order valence-corrected chi connectivity index (χ3v) is 26.6. The maximum Gasteiger partial charge on any atom is 0.173 e. The summed E-state index contributed by atoms with van der Waals surface area (Å²) >= 11 is 0. The van der Waals surface area contributed by atoms with Gasteiger partial charge in [0, 0.05) is 61.6 Å². The highest BCUT2D eigenvalue weighted by Crippen LogP contribution is 2.62. The van der Waals surface area contributed by atoms with Crippen molar-refractivity contribution >= 4 is 0 Å². The van der Waals surface area contributed by atoms with E-state index < -0.39 is 0 Å². The van der Waals surface area contributed by atoms with Gasteiger partial charge >= 0.3 is 0 Å². The predicted octanol–water partition coefficient (Wildman–Crippen LogP) is 24.3. The van der Waals surface area contributed by atoms with Gasteiger partial charge in [0.05, 0.1) is 66.1 Å². The van der Waals surface area contributed by atoms with Crippen LogP contribution < -0.4 is 0 Å². The normalized spacial score (nSPS) is 36.1. The highest BCUT2D eigenvalue weighted by molar-refractivity contribution is 5.06. The molecule has 5 spiro atoms. The molecule has 0 N–H and O–H groups in total. The summed E-state index contributed by atoms with van der Waals surface area (Å²) in [5.74, 6) is 8.91. The Morgan fingerprint density at radius 3 is 0.644 bits per heavy atom. The van der Waals surface area contributed by atoms with Gasteiger partial charge in [0.2, 0.25) is 0 Å².